The van der Waals surface area contributed by atoms with Crippen molar-refractivity contribution in [1.82, 2.24) is 10.0 Å². The SMILES string of the molecule is C=CCSNC(=O)NCC. The molecule has 2 N–H and O–H groups in total. The molecule has 0 atom stereocenters. The van der Waals surface area contributed by atoms with E-state index in [9.17, 15) is 4.79 Å². The monoisotopic (exact) mass is 160 g/mol. The van der Waals surface area contributed by atoms with Crippen LogP contribution < -0.4 is 10.0 Å². The summed E-state index contributed by atoms with van der Waals surface area (Å²) in [6, 6.07) is -0.144. The summed E-state index contributed by atoms with van der Waals surface area (Å²) in [6.45, 7) is 6.04. The van der Waals surface area contributed by atoms with Gasteiger partial charge in [-0.3, -0.25) is 4.72 Å². The van der Waals surface area contributed by atoms with E-state index in [-0.39, 0.29) is 6.03 Å². The van der Waals surface area contributed by atoms with Crippen LogP contribution in [0, 0.1) is 0 Å². The standard InChI is InChI=1S/C6H12N2OS/c1-3-5-10-8-6(9)7-4-2/h3H,1,4-5H2,2H3,(H2,7,8,9). The highest BCUT2D eigenvalue weighted by Crippen LogP contribution is 1.90. The Bertz CT molecular complexity index is 116. The molecular weight excluding hydrogens is 148 g/mol. The van der Waals surface area contributed by atoms with Crippen LogP contribution in [-0.2, 0) is 0 Å². The molecule has 0 aliphatic heterocycles. The van der Waals surface area contributed by atoms with Gasteiger partial charge < -0.3 is 5.32 Å². The Kier molecular flexibility index (Phi) is 6.06. The largest absolute Gasteiger partial charge is 0.338 e. The summed E-state index contributed by atoms with van der Waals surface area (Å²) in [6.07, 6.45) is 1.73. The maximum atomic E-state index is 10.6. The third-order valence-electron chi connectivity index (χ3n) is 0.703. The van der Waals surface area contributed by atoms with Crippen LogP contribution in [0.4, 0.5) is 4.79 Å². The lowest BCUT2D eigenvalue weighted by molar-refractivity contribution is 0.247. The Morgan fingerprint density at radius 2 is 2.50 bits per heavy atom. The van der Waals surface area contributed by atoms with E-state index in [0.29, 0.717) is 6.54 Å². The van der Waals surface area contributed by atoms with E-state index in [1.807, 2.05) is 6.92 Å². The highest BCUT2D eigenvalue weighted by Gasteiger charge is 1.93. The van der Waals surface area contributed by atoms with E-state index in [2.05, 4.69) is 16.6 Å². The lowest BCUT2D eigenvalue weighted by Crippen LogP contribution is -2.30. The second kappa shape index (κ2) is 6.48. The van der Waals surface area contributed by atoms with Gasteiger partial charge in [0.25, 0.3) is 0 Å². The van der Waals surface area contributed by atoms with E-state index in [0.717, 1.165) is 5.75 Å². The second-order valence-electron chi connectivity index (χ2n) is 1.56. The topological polar surface area (TPSA) is 41.1 Å². The maximum Gasteiger partial charge on any atom is 0.324 e. The van der Waals surface area contributed by atoms with Gasteiger partial charge in [0.05, 0.1) is 0 Å². The third kappa shape index (κ3) is 5.50. The number of nitrogens with one attached hydrogen (secondary N) is 2. The van der Waals surface area contributed by atoms with Gasteiger partial charge in [0, 0.05) is 12.3 Å². The van der Waals surface area contributed by atoms with Crippen molar-refractivity contribution in [2.24, 2.45) is 0 Å². The zero-order valence-corrected chi connectivity index (χ0v) is 6.83. The fourth-order valence-electron chi connectivity index (χ4n) is 0.363. The first-order chi connectivity index (χ1) is 4.81. The molecule has 0 aromatic rings. The molecule has 0 saturated carbocycles. The first kappa shape index (κ1) is 9.36. The van der Waals surface area contributed by atoms with Crippen LogP contribution in [0.2, 0.25) is 0 Å². The number of carbonyl (C=O) groups is 1. The lowest BCUT2D eigenvalue weighted by Gasteiger charge is -2.01. The van der Waals surface area contributed by atoms with Crippen molar-refractivity contribution in [3.05, 3.63) is 12.7 Å². The zero-order valence-electron chi connectivity index (χ0n) is 6.02. The lowest BCUT2D eigenvalue weighted by atomic mass is 10.7. The molecule has 3 nitrogen and oxygen atoms in total. The minimum atomic E-state index is -0.144. The van der Waals surface area contributed by atoms with Crippen molar-refractivity contribution in [1.29, 1.82) is 0 Å². The molecule has 2 amide bonds. The van der Waals surface area contributed by atoms with E-state index in [1.54, 1.807) is 6.08 Å². The minimum absolute atomic E-state index is 0.144. The van der Waals surface area contributed by atoms with Crippen LogP contribution in [0.3, 0.4) is 0 Å². The average molecular weight is 160 g/mol. The van der Waals surface area contributed by atoms with Crippen molar-refractivity contribution in [2.75, 3.05) is 12.3 Å². The summed E-state index contributed by atoms with van der Waals surface area (Å²) in [7, 11) is 0. The molecule has 0 radical (unpaired) electrons. The van der Waals surface area contributed by atoms with Crippen molar-refractivity contribution in [3.63, 3.8) is 0 Å². The Balaban J connectivity index is 3.13. The molecule has 0 rings (SSSR count). The normalized spacial score (nSPS) is 8.50. The van der Waals surface area contributed by atoms with Gasteiger partial charge in [-0.15, -0.1) is 6.58 Å². The summed E-state index contributed by atoms with van der Waals surface area (Å²) in [5.41, 5.74) is 0. The van der Waals surface area contributed by atoms with Gasteiger partial charge in [-0.05, 0) is 18.9 Å². The zero-order chi connectivity index (χ0) is 7.82. The van der Waals surface area contributed by atoms with E-state index < -0.39 is 0 Å². The van der Waals surface area contributed by atoms with Crippen molar-refractivity contribution in [2.45, 2.75) is 6.92 Å². The fraction of sp³-hybridized carbons (Fsp3) is 0.500. The highest BCUT2D eigenvalue weighted by atomic mass is 32.2. The molecule has 0 heterocycles. The molecule has 58 valence electrons. The Morgan fingerprint density at radius 1 is 1.80 bits per heavy atom. The van der Waals surface area contributed by atoms with E-state index >= 15 is 0 Å². The second-order valence-corrected chi connectivity index (χ2v) is 2.39. The van der Waals surface area contributed by atoms with Crippen LogP contribution in [0.1, 0.15) is 6.92 Å². The number of hydrogen-bond acceptors (Lipinski definition) is 2. The average Bonchev–Trinajstić information content (AvgIpc) is 1.89. The van der Waals surface area contributed by atoms with Crippen LogP contribution in [-0.4, -0.2) is 18.3 Å². The smallest absolute Gasteiger partial charge is 0.324 e. The quantitative estimate of drug-likeness (QED) is 0.368. The molecule has 0 aliphatic carbocycles. The molecule has 4 heteroatoms. The number of amides is 2. The molecule has 10 heavy (non-hydrogen) atoms. The molecule has 0 aromatic carbocycles. The Hall–Kier alpha value is -0.640. The predicted molar refractivity (Wildman–Crippen MR) is 44.9 cm³/mol. The summed E-state index contributed by atoms with van der Waals surface area (Å²) in [5.74, 6) is 0.733. The summed E-state index contributed by atoms with van der Waals surface area (Å²) >= 11 is 1.32. The predicted octanol–water partition coefficient (Wildman–Crippen LogP) is 1.14. The van der Waals surface area contributed by atoms with Gasteiger partial charge in [-0.1, -0.05) is 6.08 Å². The minimum Gasteiger partial charge on any atom is -0.338 e. The van der Waals surface area contributed by atoms with Crippen molar-refractivity contribution >= 4 is 18.0 Å². The number of carbonyl (C=O) groups excluding carboxylic acids is 1. The summed E-state index contributed by atoms with van der Waals surface area (Å²) < 4.78 is 2.58. The molecule has 0 saturated heterocycles. The van der Waals surface area contributed by atoms with Crippen molar-refractivity contribution < 1.29 is 4.79 Å². The third-order valence-corrected chi connectivity index (χ3v) is 1.44. The van der Waals surface area contributed by atoms with Crippen LogP contribution in [0.5, 0.6) is 0 Å². The first-order valence-electron chi connectivity index (χ1n) is 3.07. The van der Waals surface area contributed by atoms with Gasteiger partial charge in [0.2, 0.25) is 0 Å². The van der Waals surface area contributed by atoms with Crippen molar-refractivity contribution in [3.8, 4) is 0 Å². The summed E-state index contributed by atoms with van der Waals surface area (Å²) in [5, 5.41) is 2.60. The first-order valence-corrected chi connectivity index (χ1v) is 4.06. The van der Waals surface area contributed by atoms with Gasteiger partial charge >= 0.3 is 6.03 Å². The highest BCUT2D eigenvalue weighted by molar-refractivity contribution is 7.98. The Morgan fingerprint density at radius 3 is 3.00 bits per heavy atom. The molecule has 0 bridgehead atoms. The number of urea groups is 1. The summed E-state index contributed by atoms with van der Waals surface area (Å²) in [4.78, 5) is 10.6. The van der Waals surface area contributed by atoms with Crippen LogP contribution >= 0.6 is 11.9 Å². The fourth-order valence-corrected chi connectivity index (χ4v) is 0.767. The van der Waals surface area contributed by atoms with Gasteiger partial charge in [-0.25, -0.2) is 4.79 Å². The van der Waals surface area contributed by atoms with Gasteiger partial charge in [-0.2, -0.15) is 0 Å². The Labute approximate surface area is 65.4 Å². The van der Waals surface area contributed by atoms with Crippen LogP contribution in [0.25, 0.3) is 0 Å². The molecule has 0 spiro atoms. The number of rotatable bonds is 4. The molecule has 0 aromatic heterocycles. The molecule has 0 aliphatic rings. The molecule has 0 fully saturated rings. The van der Waals surface area contributed by atoms with Crippen LogP contribution in [0.15, 0.2) is 12.7 Å². The number of hydrogen-bond donors (Lipinski definition) is 2. The van der Waals surface area contributed by atoms with E-state index in [1.165, 1.54) is 11.9 Å². The van der Waals surface area contributed by atoms with Gasteiger partial charge in [0.15, 0.2) is 0 Å². The maximum absolute atomic E-state index is 10.6. The van der Waals surface area contributed by atoms with Gasteiger partial charge in [0.1, 0.15) is 0 Å². The van der Waals surface area contributed by atoms with E-state index in [4.69, 9.17) is 0 Å². The molecule has 0 unspecified atom stereocenters. The molecular formula is C6H12N2OS.